The fourth-order valence-electron chi connectivity index (χ4n) is 1.88. The number of benzene rings is 1. The Kier molecular flexibility index (Phi) is 4.62. The van der Waals surface area contributed by atoms with E-state index in [1.165, 1.54) is 6.26 Å². The van der Waals surface area contributed by atoms with Gasteiger partial charge in [-0.1, -0.05) is 12.1 Å². The van der Waals surface area contributed by atoms with E-state index in [9.17, 15) is 9.59 Å². The fourth-order valence-corrected chi connectivity index (χ4v) is 1.88. The lowest BCUT2D eigenvalue weighted by Crippen LogP contribution is -2.27. The van der Waals surface area contributed by atoms with E-state index < -0.39 is 12.1 Å². The molecule has 1 heterocycles. The maximum atomic E-state index is 12.3. The summed E-state index contributed by atoms with van der Waals surface area (Å²) in [5.74, 6) is -0.954. The van der Waals surface area contributed by atoms with Gasteiger partial charge in [0.2, 0.25) is 11.5 Å². The van der Waals surface area contributed by atoms with Crippen LogP contribution in [0, 0.1) is 13.8 Å². The van der Waals surface area contributed by atoms with E-state index in [1.54, 1.807) is 19.1 Å². The van der Waals surface area contributed by atoms with Gasteiger partial charge in [0.1, 0.15) is 19.5 Å². The summed E-state index contributed by atoms with van der Waals surface area (Å²) in [6.07, 6.45) is 0.324. The zero-order valence-electron chi connectivity index (χ0n) is 12.3. The third-order valence-corrected chi connectivity index (χ3v) is 3.29. The van der Waals surface area contributed by atoms with Crippen molar-refractivity contribution in [3.63, 3.8) is 0 Å². The first kappa shape index (κ1) is 15.1. The lowest BCUT2D eigenvalue weighted by molar-refractivity contribution is -0.147. The topological polar surface area (TPSA) is 61.8 Å². The molecule has 21 heavy (non-hydrogen) atoms. The van der Waals surface area contributed by atoms with Crippen LogP contribution in [0.4, 0.5) is 0 Å². The van der Waals surface area contributed by atoms with Gasteiger partial charge in [0.05, 0.1) is 0 Å². The molecule has 2 rings (SSSR count). The monoisotopic (exact) mass is 290 g/mol. The number of carbonyl (C=O) groups excluding carboxylic acids is 2. The molecule has 0 bridgehead atoms. The first-order valence-electron chi connectivity index (χ1n) is 6.76. The Labute approximate surface area is 123 Å². The Morgan fingerprint density at radius 1 is 1.19 bits per heavy atom. The molecule has 112 valence electrons. The van der Waals surface area contributed by atoms with Gasteiger partial charge in [-0.15, -0.1) is 0 Å². The smallest absolute Gasteiger partial charge is 0.377 e. The van der Waals surface area contributed by atoms with Crippen LogP contribution in [0.1, 0.15) is 28.4 Å². The first-order valence-corrected chi connectivity index (χ1v) is 6.76. The molecule has 0 aromatic heterocycles. The highest BCUT2D eigenvalue weighted by Crippen LogP contribution is 2.14. The molecule has 1 aliphatic heterocycles. The zero-order valence-corrected chi connectivity index (χ0v) is 12.3. The standard InChI is InChI=1S/C16H18O5/c1-10-4-5-13(8-11(10)2)15(17)12(3)21-16(18)14-9-19-6-7-20-14/h4-5,8-9,12H,6-7H2,1-3H3/t12-/m1/s1. The van der Waals surface area contributed by atoms with E-state index in [2.05, 4.69) is 0 Å². The van der Waals surface area contributed by atoms with Crippen LogP contribution >= 0.6 is 0 Å². The number of Topliss-reactive ketones (excluding diaryl/α,β-unsaturated/α-hetero) is 1. The Bertz CT molecular complexity index is 588. The van der Waals surface area contributed by atoms with Crippen LogP contribution in [-0.2, 0) is 19.0 Å². The van der Waals surface area contributed by atoms with Crippen molar-refractivity contribution < 1.29 is 23.8 Å². The summed E-state index contributed by atoms with van der Waals surface area (Å²) in [6, 6.07) is 5.40. The van der Waals surface area contributed by atoms with Crippen LogP contribution < -0.4 is 0 Å². The van der Waals surface area contributed by atoms with Gasteiger partial charge in [-0.3, -0.25) is 4.79 Å². The molecular weight excluding hydrogens is 272 g/mol. The first-order chi connectivity index (χ1) is 9.99. The number of ketones is 1. The average Bonchev–Trinajstić information content (AvgIpc) is 2.50. The molecular formula is C16H18O5. The highest BCUT2D eigenvalue weighted by atomic mass is 16.6. The highest BCUT2D eigenvalue weighted by Gasteiger charge is 2.24. The van der Waals surface area contributed by atoms with E-state index in [1.807, 2.05) is 19.9 Å². The average molecular weight is 290 g/mol. The quantitative estimate of drug-likeness (QED) is 0.629. The molecule has 0 aliphatic carbocycles. The molecule has 0 fully saturated rings. The van der Waals surface area contributed by atoms with E-state index in [0.717, 1.165) is 11.1 Å². The van der Waals surface area contributed by atoms with E-state index >= 15 is 0 Å². The van der Waals surface area contributed by atoms with Gasteiger partial charge < -0.3 is 14.2 Å². The molecule has 0 saturated heterocycles. The zero-order chi connectivity index (χ0) is 15.4. The Morgan fingerprint density at radius 2 is 1.95 bits per heavy atom. The fraction of sp³-hybridized carbons (Fsp3) is 0.375. The molecule has 0 unspecified atom stereocenters. The minimum absolute atomic E-state index is 0.0130. The van der Waals surface area contributed by atoms with Crippen molar-refractivity contribution in [3.05, 3.63) is 46.9 Å². The Balaban J connectivity index is 2.03. The maximum absolute atomic E-state index is 12.3. The molecule has 0 saturated carbocycles. The van der Waals surface area contributed by atoms with Gasteiger partial charge in [-0.25, -0.2) is 4.79 Å². The summed E-state index contributed by atoms with van der Waals surface area (Å²) < 4.78 is 15.2. The number of hydrogen-bond donors (Lipinski definition) is 0. The van der Waals surface area contributed by atoms with Gasteiger partial charge in [0.25, 0.3) is 0 Å². The van der Waals surface area contributed by atoms with Crippen LogP contribution in [-0.4, -0.2) is 31.1 Å². The second kappa shape index (κ2) is 6.43. The predicted molar refractivity (Wildman–Crippen MR) is 75.8 cm³/mol. The normalized spacial score (nSPS) is 15.3. The second-order valence-corrected chi connectivity index (χ2v) is 4.91. The van der Waals surface area contributed by atoms with Crippen molar-refractivity contribution >= 4 is 11.8 Å². The summed E-state index contributed by atoms with van der Waals surface area (Å²) in [5, 5.41) is 0. The number of hydrogen-bond acceptors (Lipinski definition) is 5. The van der Waals surface area contributed by atoms with Crippen molar-refractivity contribution in [2.75, 3.05) is 13.2 Å². The van der Waals surface area contributed by atoms with Crippen molar-refractivity contribution in [3.8, 4) is 0 Å². The van der Waals surface area contributed by atoms with Crippen LogP contribution in [0.15, 0.2) is 30.2 Å². The number of aryl methyl sites for hydroxylation is 2. The third-order valence-electron chi connectivity index (χ3n) is 3.29. The minimum atomic E-state index is -0.883. The van der Waals surface area contributed by atoms with Crippen molar-refractivity contribution in [2.45, 2.75) is 26.9 Å². The maximum Gasteiger partial charge on any atom is 0.377 e. The summed E-state index contributed by atoms with van der Waals surface area (Å²) in [7, 11) is 0. The minimum Gasteiger partial charge on any atom is -0.493 e. The van der Waals surface area contributed by atoms with Gasteiger partial charge in [0.15, 0.2) is 6.10 Å². The lowest BCUT2D eigenvalue weighted by Gasteiger charge is -2.17. The molecule has 1 atom stereocenters. The molecule has 5 nitrogen and oxygen atoms in total. The molecule has 0 N–H and O–H groups in total. The number of esters is 1. The molecule has 1 aromatic rings. The Morgan fingerprint density at radius 3 is 2.57 bits per heavy atom. The van der Waals surface area contributed by atoms with Crippen LogP contribution in [0.2, 0.25) is 0 Å². The molecule has 0 radical (unpaired) electrons. The van der Waals surface area contributed by atoms with Crippen molar-refractivity contribution in [2.24, 2.45) is 0 Å². The van der Waals surface area contributed by atoms with Crippen LogP contribution in [0.5, 0.6) is 0 Å². The van der Waals surface area contributed by atoms with E-state index in [-0.39, 0.29) is 11.5 Å². The third kappa shape index (κ3) is 3.62. The molecule has 0 spiro atoms. The molecule has 1 aliphatic rings. The highest BCUT2D eigenvalue weighted by molar-refractivity contribution is 6.01. The molecule has 0 amide bonds. The second-order valence-electron chi connectivity index (χ2n) is 4.91. The number of carbonyl (C=O) groups is 2. The number of rotatable bonds is 4. The lowest BCUT2D eigenvalue weighted by atomic mass is 10.0. The summed E-state index contributed by atoms with van der Waals surface area (Å²) in [6.45, 7) is 6.13. The van der Waals surface area contributed by atoms with Crippen LogP contribution in [0.3, 0.4) is 0 Å². The van der Waals surface area contributed by atoms with Gasteiger partial charge in [-0.05, 0) is 38.0 Å². The summed E-state index contributed by atoms with van der Waals surface area (Å²) in [4.78, 5) is 24.1. The summed E-state index contributed by atoms with van der Waals surface area (Å²) in [5.41, 5.74) is 2.65. The van der Waals surface area contributed by atoms with Crippen LogP contribution in [0.25, 0.3) is 0 Å². The van der Waals surface area contributed by atoms with E-state index in [0.29, 0.717) is 18.8 Å². The largest absolute Gasteiger partial charge is 0.493 e. The summed E-state index contributed by atoms with van der Waals surface area (Å²) >= 11 is 0. The number of ether oxygens (including phenoxy) is 3. The van der Waals surface area contributed by atoms with Crippen molar-refractivity contribution in [1.82, 2.24) is 0 Å². The van der Waals surface area contributed by atoms with Gasteiger partial charge >= 0.3 is 5.97 Å². The Hall–Kier alpha value is -2.30. The molecule has 5 heteroatoms. The SMILES string of the molecule is Cc1ccc(C(=O)[C@@H](C)OC(=O)C2=COCCO2)cc1C. The van der Waals surface area contributed by atoms with Gasteiger partial charge in [0, 0.05) is 5.56 Å². The predicted octanol–water partition coefficient (Wildman–Crippen LogP) is 2.31. The molecule has 1 aromatic carbocycles. The van der Waals surface area contributed by atoms with Crippen molar-refractivity contribution in [1.29, 1.82) is 0 Å². The van der Waals surface area contributed by atoms with Gasteiger partial charge in [-0.2, -0.15) is 0 Å². The van der Waals surface area contributed by atoms with E-state index in [4.69, 9.17) is 14.2 Å².